The van der Waals surface area contributed by atoms with E-state index in [0.29, 0.717) is 21.3 Å². The predicted molar refractivity (Wildman–Crippen MR) is 73.6 cm³/mol. The fourth-order valence-electron chi connectivity index (χ4n) is 1.53. The van der Waals surface area contributed by atoms with Gasteiger partial charge in [0.25, 0.3) is 0 Å². The fraction of sp³-hybridized carbons (Fsp3) is 0.154. The maximum atomic E-state index is 12.0. The largest absolute Gasteiger partial charge is 0.294 e. The van der Waals surface area contributed by atoms with Gasteiger partial charge in [-0.3, -0.25) is 4.79 Å². The number of halogens is 2. The second-order valence-corrected chi connectivity index (χ2v) is 5.98. The zero-order valence-electron chi connectivity index (χ0n) is 9.17. The molecule has 4 heteroatoms. The molecule has 0 saturated heterocycles. The Balaban J connectivity index is 2.17. The Kier molecular flexibility index (Phi) is 3.87. The van der Waals surface area contributed by atoms with Gasteiger partial charge in [0.2, 0.25) is 0 Å². The molecule has 2 aromatic rings. The molecule has 0 unspecified atom stereocenters. The van der Waals surface area contributed by atoms with Crippen molar-refractivity contribution in [1.29, 1.82) is 0 Å². The van der Waals surface area contributed by atoms with Crippen LogP contribution in [0.15, 0.2) is 30.3 Å². The highest BCUT2D eigenvalue weighted by atomic mass is 35.5. The van der Waals surface area contributed by atoms with Crippen molar-refractivity contribution in [2.75, 3.05) is 0 Å². The van der Waals surface area contributed by atoms with Crippen molar-refractivity contribution in [2.45, 2.75) is 13.3 Å². The molecule has 1 heterocycles. The summed E-state index contributed by atoms with van der Waals surface area (Å²) in [7, 11) is 0. The van der Waals surface area contributed by atoms with Gasteiger partial charge in [-0.25, -0.2) is 0 Å². The quantitative estimate of drug-likeness (QED) is 0.741. The van der Waals surface area contributed by atoms with Crippen LogP contribution in [0.2, 0.25) is 9.36 Å². The lowest BCUT2D eigenvalue weighted by molar-refractivity contribution is 0.0994. The molecular formula is C13H10Cl2OS. The van der Waals surface area contributed by atoms with Crippen LogP contribution in [0, 0.1) is 6.92 Å². The normalized spacial score (nSPS) is 10.5. The lowest BCUT2D eigenvalue weighted by Gasteiger charge is -2.02. The van der Waals surface area contributed by atoms with Crippen LogP contribution in [0.5, 0.6) is 0 Å². The molecule has 0 fully saturated rings. The Labute approximate surface area is 114 Å². The first kappa shape index (κ1) is 12.6. The van der Waals surface area contributed by atoms with Crippen molar-refractivity contribution < 1.29 is 4.79 Å². The lowest BCUT2D eigenvalue weighted by atomic mass is 10.1. The summed E-state index contributed by atoms with van der Waals surface area (Å²) >= 11 is 13.2. The average molecular weight is 285 g/mol. The Morgan fingerprint density at radius 3 is 2.59 bits per heavy atom. The van der Waals surface area contributed by atoms with Crippen molar-refractivity contribution in [3.05, 3.63) is 55.7 Å². The highest BCUT2D eigenvalue weighted by Crippen LogP contribution is 2.23. The number of carbonyl (C=O) groups excluding carboxylic acids is 1. The number of benzene rings is 1. The van der Waals surface area contributed by atoms with E-state index >= 15 is 0 Å². The Morgan fingerprint density at radius 2 is 2.00 bits per heavy atom. The topological polar surface area (TPSA) is 17.1 Å². The maximum Gasteiger partial charge on any atom is 0.168 e. The molecule has 1 aromatic heterocycles. The molecule has 88 valence electrons. The van der Waals surface area contributed by atoms with Gasteiger partial charge in [-0.15, -0.1) is 11.3 Å². The number of Topliss-reactive ketones (excluding diaryl/α,β-unsaturated/α-hetero) is 1. The molecule has 0 atom stereocenters. The first-order chi connectivity index (χ1) is 8.06. The molecule has 0 aliphatic carbocycles. The van der Waals surface area contributed by atoms with Gasteiger partial charge in [-0.1, -0.05) is 23.2 Å². The van der Waals surface area contributed by atoms with Gasteiger partial charge in [0, 0.05) is 21.9 Å². The van der Waals surface area contributed by atoms with Crippen LogP contribution in [-0.4, -0.2) is 5.78 Å². The third kappa shape index (κ3) is 3.09. The second kappa shape index (κ2) is 5.21. The average Bonchev–Trinajstić information content (AvgIpc) is 2.68. The van der Waals surface area contributed by atoms with Gasteiger partial charge in [0.15, 0.2) is 5.78 Å². The van der Waals surface area contributed by atoms with Gasteiger partial charge in [-0.05, 0) is 42.8 Å². The van der Waals surface area contributed by atoms with E-state index in [-0.39, 0.29) is 5.78 Å². The van der Waals surface area contributed by atoms with Crippen LogP contribution >= 0.6 is 34.5 Å². The third-order valence-corrected chi connectivity index (χ3v) is 4.10. The standard InChI is InChI=1S/C13H10Cl2OS/c1-8-6-9(2-4-11(8)14)12(16)7-10-3-5-13(15)17-10/h2-6H,7H2,1H3. The Bertz CT molecular complexity index is 560. The van der Waals surface area contributed by atoms with E-state index in [4.69, 9.17) is 23.2 Å². The summed E-state index contributed by atoms with van der Waals surface area (Å²) in [5.41, 5.74) is 1.61. The number of thiophene rings is 1. The van der Waals surface area contributed by atoms with Crippen LogP contribution in [-0.2, 0) is 6.42 Å². The fourth-order valence-corrected chi connectivity index (χ4v) is 2.73. The van der Waals surface area contributed by atoms with Crippen molar-refractivity contribution in [2.24, 2.45) is 0 Å². The minimum Gasteiger partial charge on any atom is -0.294 e. The maximum absolute atomic E-state index is 12.0. The molecule has 0 amide bonds. The van der Waals surface area contributed by atoms with Crippen LogP contribution in [0.3, 0.4) is 0 Å². The zero-order chi connectivity index (χ0) is 12.4. The summed E-state index contributed by atoms with van der Waals surface area (Å²) in [6.07, 6.45) is 0.387. The summed E-state index contributed by atoms with van der Waals surface area (Å²) in [6.45, 7) is 1.89. The van der Waals surface area contributed by atoms with E-state index in [2.05, 4.69) is 0 Å². The molecule has 17 heavy (non-hydrogen) atoms. The SMILES string of the molecule is Cc1cc(C(=O)Cc2ccc(Cl)s2)ccc1Cl. The summed E-state index contributed by atoms with van der Waals surface area (Å²) in [5.74, 6) is 0.0864. The van der Waals surface area contributed by atoms with E-state index in [0.717, 1.165) is 10.4 Å². The Hall–Kier alpha value is -0.830. The molecule has 0 aliphatic rings. The highest BCUT2D eigenvalue weighted by Gasteiger charge is 2.09. The van der Waals surface area contributed by atoms with E-state index < -0.39 is 0 Å². The van der Waals surface area contributed by atoms with Gasteiger partial charge < -0.3 is 0 Å². The molecule has 1 nitrogen and oxygen atoms in total. The number of aryl methyl sites for hydroxylation is 1. The van der Waals surface area contributed by atoms with Crippen molar-refractivity contribution in [3.8, 4) is 0 Å². The molecule has 0 spiro atoms. The third-order valence-electron chi connectivity index (χ3n) is 2.44. The lowest BCUT2D eigenvalue weighted by Crippen LogP contribution is -2.02. The van der Waals surface area contributed by atoms with Crippen LogP contribution in [0.4, 0.5) is 0 Å². The van der Waals surface area contributed by atoms with Crippen molar-refractivity contribution >= 4 is 40.3 Å². The number of ketones is 1. The molecule has 1 aromatic carbocycles. The minimum atomic E-state index is 0.0864. The molecule has 0 aliphatic heterocycles. The Morgan fingerprint density at radius 1 is 1.24 bits per heavy atom. The molecule has 2 rings (SSSR count). The number of hydrogen-bond acceptors (Lipinski definition) is 2. The van der Waals surface area contributed by atoms with E-state index in [1.54, 1.807) is 12.1 Å². The van der Waals surface area contributed by atoms with Gasteiger partial charge in [-0.2, -0.15) is 0 Å². The molecule has 0 saturated carbocycles. The summed E-state index contributed by atoms with van der Waals surface area (Å²) in [5, 5.41) is 0.681. The number of hydrogen-bond donors (Lipinski definition) is 0. The van der Waals surface area contributed by atoms with Crippen LogP contribution < -0.4 is 0 Å². The number of rotatable bonds is 3. The summed E-state index contributed by atoms with van der Waals surface area (Å²) in [4.78, 5) is 13.0. The molecular weight excluding hydrogens is 275 g/mol. The zero-order valence-corrected chi connectivity index (χ0v) is 11.5. The first-order valence-corrected chi connectivity index (χ1v) is 6.67. The molecule has 0 N–H and O–H groups in total. The first-order valence-electron chi connectivity index (χ1n) is 5.10. The van der Waals surface area contributed by atoms with E-state index in [9.17, 15) is 4.79 Å². The number of carbonyl (C=O) groups is 1. The van der Waals surface area contributed by atoms with E-state index in [1.807, 2.05) is 25.1 Å². The molecule has 0 radical (unpaired) electrons. The second-order valence-electron chi connectivity index (χ2n) is 3.77. The molecule has 0 bridgehead atoms. The minimum absolute atomic E-state index is 0.0864. The van der Waals surface area contributed by atoms with Gasteiger partial charge >= 0.3 is 0 Å². The highest BCUT2D eigenvalue weighted by molar-refractivity contribution is 7.16. The summed E-state index contributed by atoms with van der Waals surface area (Å²) < 4.78 is 0.708. The monoisotopic (exact) mass is 284 g/mol. The summed E-state index contributed by atoms with van der Waals surface area (Å²) in [6, 6.07) is 9.02. The van der Waals surface area contributed by atoms with E-state index in [1.165, 1.54) is 11.3 Å². The van der Waals surface area contributed by atoms with Crippen LogP contribution in [0.25, 0.3) is 0 Å². The predicted octanol–water partition coefficient (Wildman–Crippen LogP) is 4.79. The van der Waals surface area contributed by atoms with Gasteiger partial charge in [0.1, 0.15) is 0 Å². The van der Waals surface area contributed by atoms with Crippen molar-refractivity contribution in [3.63, 3.8) is 0 Å². The van der Waals surface area contributed by atoms with Crippen LogP contribution in [0.1, 0.15) is 20.8 Å². The van der Waals surface area contributed by atoms with Gasteiger partial charge in [0.05, 0.1) is 4.34 Å². The van der Waals surface area contributed by atoms with Crippen molar-refractivity contribution in [1.82, 2.24) is 0 Å². The smallest absolute Gasteiger partial charge is 0.168 e.